The number of carbonyl (C=O) groups excluding carboxylic acids is 2. The summed E-state index contributed by atoms with van der Waals surface area (Å²) in [5.41, 5.74) is 0.582. The summed E-state index contributed by atoms with van der Waals surface area (Å²) in [6.07, 6.45) is 1.60. The molecule has 1 aliphatic rings. The molecule has 5 nitrogen and oxygen atoms in total. The molecule has 1 saturated heterocycles. The van der Waals surface area contributed by atoms with E-state index in [0.717, 1.165) is 12.8 Å². The van der Waals surface area contributed by atoms with Crippen LogP contribution >= 0.6 is 0 Å². The number of hydrogen-bond acceptors (Lipinski definition) is 4. The lowest BCUT2D eigenvalue weighted by atomic mass is 9.97. The van der Waals surface area contributed by atoms with Gasteiger partial charge in [0.15, 0.2) is 0 Å². The number of esters is 1. The molecular weight excluding hydrogens is 270 g/mol. The van der Waals surface area contributed by atoms with Gasteiger partial charge in [-0.25, -0.2) is 0 Å². The molecule has 0 N–H and O–H groups in total. The van der Waals surface area contributed by atoms with Crippen LogP contribution < -0.4 is 4.74 Å². The standard InChI is InChI=1S/C16H21NO4/c1-3-21-16(19)13-7-5-9-17(11-13)15(18)12-6-4-8-14(10-12)20-2/h4,6,8,10,13H,3,5,7,9,11H2,1-2H3/t13-/m0/s1. The number of nitrogens with zero attached hydrogens (tertiary/aromatic N) is 1. The van der Waals surface area contributed by atoms with Gasteiger partial charge in [0.05, 0.1) is 19.6 Å². The summed E-state index contributed by atoms with van der Waals surface area (Å²) in [5, 5.41) is 0. The molecule has 0 aromatic heterocycles. The Morgan fingerprint density at radius 3 is 2.90 bits per heavy atom. The van der Waals surface area contributed by atoms with Crippen LogP contribution in [0.5, 0.6) is 5.75 Å². The summed E-state index contributed by atoms with van der Waals surface area (Å²) in [7, 11) is 1.57. The molecule has 1 aromatic rings. The number of benzene rings is 1. The number of rotatable bonds is 4. The highest BCUT2D eigenvalue weighted by Crippen LogP contribution is 2.21. The second-order valence-electron chi connectivity index (χ2n) is 5.07. The van der Waals surface area contributed by atoms with Crippen LogP contribution in [0.2, 0.25) is 0 Å². The van der Waals surface area contributed by atoms with Crippen LogP contribution in [0.1, 0.15) is 30.1 Å². The Bertz CT molecular complexity index is 515. The fourth-order valence-corrected chi connectivity index (χ4v) is 2.55. The minimum absolute atomic E-state index is 0.0668. The molecule has 114 valence electrons. The molecule has 0 bridgehead atoms. The zero-order valence-electron chi connectivity index (χ0n) is 12.5. The first kappa shape index (κ1) is 15.4. The number of piperidine rings is 1. The van der Waals surface area contributed by atoms with Gasteiger partial charge in [-0.2, -0.15) is 0 Å². The van der Waals surface area contributed by atoms with Crippen molar-refractivity contribution >= 4 is 11.9 Å². The Kier molecular flexibility index (Phi) is 5.20. The maximum absolute atomic E-state index is 12.5. The van der Waals surface area contributed by atoms with E-state index >= 15 is 0 Å². The van der Waals surface area contributed by atoms with E-state index in [1.807, 2.05) is 0 Å². The average Bonchev–Trinajstić information content (AvgIpc) is 2.54. The van der Waals surface area contributed by atoms with Crippen molar-refractivity contribution in [3.63, 3.8) is 0 Å². The lowest BCUT2D eigenvalue weighted by Gasteiger charge is -2.31. The zero-order chi connectivity index (χ0) is 15.2. The predicted molar refractivity (Wildman–Crippen MR) is 78.3 cm³/mol. The lowest BCUT2D eigenvalue weighted by Crippen LogP contribution is -2.42. The van der Waals surface area contributed by atoms with E-state index in [4.69, 9.17) is 9.47 Å². The van der Waals surface area contributed by atoms with Gasteiger partial charge in [-0.1, -0.05) is 6.07 Å². The first-order valence-corrected chi connectivity index (χ1v) is 7.25. The molecule has 2 rings (SSSR count). The topological polar surface area (TPSA) is 55.8 Å². The third-order valence-electron chi connectivity index (χ3n) is 3.65. The third kappa shape index (κ3) is 3.74. The van der Waals surface area contributed by atoms with E-state index in [0.29, 0.717) is 31.0 Å². The highest BCUT2D eigenvalue weighted by Gasteiger charge is 2.29. The van der Waals surface area contributed by atoms with Crippen LogP contribution in [0.15, 0.2) is 24.3 Å². The molecule has 21 heavy (non-hydrogen) atoms. The normalized spacial score (nSPS) is 18.2. The minimum atomic E-state index is -0.215. The largest absolute Gasteiger partial charge is 0.497 e. The van der Waals surface area contributed by atoms with Crippen molar-refractivity contribution < 1.29 is 19.1 Å². The molecule has 5 heteroatoms. The molecule has 0 spiro atoms. The zero-order valence-corrected chi connectivity index (χ0v) is 12.5. The Morgan fingerprint density at radius 2 is 2.19 bits per heavy atom. The van der Waals surface area contributed by atoms with E-state index in [2.05, 4.69) is 0 Å². The van der Waals surface area contributed by atoms with E-state index in [1.165, 1.54) is 0 Å². The molecule has 0 saturated carbocycles. The van der Waals surface area contributed by atoms with Crippen LogP contribution in [-0.4, -0.2) is 43.6 Å². The second-order valence-corrected chi connectivity index (χ2v) is 5.07. The summed E-state index contributed by atoms with van der Waals surface area (Å²) in [6, 6.07) is 7.07. The Balaban J connectivity index is 2.06. The number of hydrogen-bond donors (Lipinski definition) is 0. The summed E-state index contributed by atoms with van der Waals surface area (Å²) in [6.45, 7) is 3.26. The molecule has 1 fully saturated rings. The van der Waals surface area contributed by atoms with Gasteiger partial charge in [-0.15, -0.1) is 0 Å². The summed E-state index contributed by atoms with van der Waals surface area (Å²) in [4.78, 5) is 26.1. The summed E-state index contributed by atoms with van der Waals surface area (Å²) < 4.78 is 10.2. The molecule has 1 atom stereocenters. The van der Waals surface area contributed by atoms with Gasteiger partial charge >= 0.3 is 5.97 Å². The number of amides is 1. The fraction of sp³-hybridized carbons (Fsp3) is 0.500. The number of carbonyl (C=O) groups is 2. The van der Waals surface area contributed by atoms with E-state index in [9.17, 15) is 9.59 Å². The molecule has 0 unspecified atom stereocenters. The monoisotopic (exact) mass is 291 g/mol. The van der Waals surface area contributed by atoms with Crippen LogP contribution in [0.3, 0.4) is 0 Å². The average molecular weight is 291 g/mol. The van der Waals surface area contributed by atoms with Crippen molar-refractivity contribution in [2.24, 2.45) is 5.92 Å². The SMILES string of the molecule is CCOC(=O)[C@H]1CCCN(C(=O)c2cccc(OC)c2)C1. The maximum atomic E-state index is 12.5. The van der Waals surface area contributed by atoms with Gasteiger partial charge in [0, 0.05) is 18.7 Å². The lowest BCUT2D eigenvalue weighted by molar-refractivity contribution is -0.149. The molecule has 0 aliphatic carbocycles. The van der Waals surface area contributed by atoms with Crippen molar-refractivity contribution in [2.75, 3.05) is 26.8 Å². The Hall–Kier alpha value is -2.04. The predicted octanol–water partition coefficient (Wildman–Crippen LogP) is 2.11. The van der Waals surface area contributed by atoms with Gasteiger partial charge in [0.2, 0.25) is 0 Å². The highest BCUT2D eigenvalue weighted by atomic mass is 16.5. The Morgan fingerprint density at radius 1 is 1.38 bits per heavy atom. The first-order chi connectivity index (χ1) is 10.2. The molecule has 1 aromatic carbocycles. The number of ether oxygens (including phenoxy) is 2. The quantitative estimate of drug-likeness (QED) is 0.797. The molecule has 1 heterocycles. The van der Waals surface area contributed by atoms with Gasteiger partial charge in [0.25, 0.3) is 5.91 Å². The first-order valence-electron chi connectivity index (χ1n) is 7.25. The van der Waals surface area contributed by atoms with E-state index < -0.39 is 0 Å². The Labute approximate surface area is 124 Å². The smallest absolute Gasteiger partial charge is 0.310 e. The van der Waals surface area contributed by atoms with E-state index in [1.54, 1.807) is 43.2 Å². The van der Waals surface area contributed by atoms with Crippen molar-refractivity contribution in [2.45, 2.75) is 19.8 Å². The number of methoxy groups -OCH3 is 1. The minimum Gasteiger partial charge on any atom is -0.497 e. The van der Waals surface area contributed by atoms with Crippen LogP contribution in [0.25, 0.3) is 0 Å². The van der Waals surface area contributed by atoms with Gasteiger partial charge in [-0.05, 0) is 38.0 Å². The molecule has 1 aliphatic heterocycles. The van der Waals surface area contributed by atoms with Crippen molar-refractivity contribution in [3.8, 4) is 5.75 Å². The third-order valence-corrected chi connectivity index (χ3v) is 3.65. The summed E-state index contributed by atoms with van der Waals surface area (Å²) >= 11 is 0. The van der Waals surface area contributed by atoms with Gasteiger partial charge in [0.1, 0.15) is 5.75 Å². The fourth-order valence-electron chi connectivity index (χ4n) is 2.55. The maximum Gasteiger partial charge on any atom is 0.310 e. The highest BCUT2D eigenvalue weighted by molar-refractivity contribution is 5.95. The van der Waals surface area contributed by atoms with Gasteiger partial charge < -0.3 is 14.4 Å². The summed E-state index contributed by atoms with van der Waals surface area (Å²) in [5.74, 6) is 0.164. The van der Waals surface area contributed by atoms with Crippen molar-refractivity contribution in [1.82, 2.24) is 4.90 Å². The van der Waals surface area contributed by atoms with E-state index in [-0.39, 0.29) is 17.8 Å². The molecule has 0 radical (unpaired) electrons. The van der Waals surface area contributed by atoms with Crippen LogP contribution in [0, 0.1) is 5.92 Å². The van der Waals surface area contributed by atoms with Gasteiger partial charge in [-0.3, -0.25) is 9.59 Å². The second kappa shape index (κ2) is 7.11. The number of likely N-dealkylation sites (tertiary alicyclic amines) is 1. The van der Waals surface area contributed by atoms with Crippen LogP contribution in [-0.2, 0) is 9.53 Å². The van der Waals surface area contributed by atoms with Crippen molar-refractivity contribution in [1.29, 1.82) is 0 Å². The van der Waals surface area contributed by atoms with Crippen LogP contribution in [0.4, 0.5) is 0 Å². The molecule has 1 amide bonds. The van der Waals surface area contributed by atoms with Crippen molar-refractivity contribution in [3.05, 3.63) is 29.8 Å². The molecular formula is C16H21NO4.